The summed E-state index contributed by atoms with van der Waals surface area (Å²) >= 11 is 0. The molecular weight excluding hydrogens is 558 g/mol. The van der Waals surface area contributed by atoms with Crippen molar-refractivity contribution in [2.45, 2.75) is 17.9 Å². The van der Waals surface area contributed by atoms with Gasteiger partial charge in [0.1, 0.15) is 11.5 Å². The summed E-state index contributed by atoms with van der Waals surface area (Å²) in [5, 5.41) is 0. The van der Waals surface area contributed by atoms with Gasteiger partial charge < -0.3 is 4.74 Å². The van der Waals surface area contributed by atoms with Crippen LogP contribution in [0.3, 0.4) is 0 Å². The molecule has 1 aliphatic heterocycles. The van der Waals surface area contributed by atoms with Crippen LogP contribution in [0.4, 0.5) is 0 Å². The molecule has 0 aromatic heterocycles. The molecule has 0 saturated carbocycles. The van der Waals surface area contributed by atoms with Crippen molar-refractivity contribution < 1.29 is 4.74 Å². The van der Waals surface area contributed by atoms with Crippen LogP contribution in [0.15, 0.2) is 182 Å². The van der Waals surface area contributed by atoms with Crippen LogP contribution >= 0.6 is 0 Å². The number of allylic oxidation sites excluding steroid dienone is 6. The average Bonchev–Trinajstić information content (AvgIpc) is 3.18. The van der Waals surface area contributed by atoms with Crippen LogP contribution in [0.5, 0.6) is 11.5 Å². The summed E-state index contributed by atoms with van der Waals surface area (Å²) in [6.45, 7) is 8.60. The molecule has 0 amide bonds. The molecule has 2 unspecified atom stereocenters. The lowest BCUT2D eigenvalue weighted by atomic mass is 9.65. The Kier molecular flexibility index (Phi) is 8.01. The fraction of sp³-hybridized carbons (Fsp3) is 0.0682. The first-order valence-corrected chi connectivity index (χ1v) is 15.7. The molecule has 1 spiro atoms. The van der Waals surface area contributed by atoms with Crippen molar-refractivity contribution in [3.8, 4) is 11.5 Å². The van der Waals surface area contributed by atoms with Crippen LogP contribution in [0.1, 0.15) is 51.4 Å². The molecule has 222 valence electrons. The second-order valence-electron chi connectivity index (χ2n) is 11.6. The van der Waals surface area contributed by atoms with E-state index in [1.54, 1.807) is 0 Å². The van der Waals surface area contributed by atoms with E-state index in [0.29, 0.717) is 0 Å². The van der Waals surface area contributed by atoms with Crippen LogP contribution in [-0.2, 0) is 5.41 Å². The molecule has 5 aromatic rings. The summed E-state index contributed by atoms with van der Waals surface area (Å²) < 4.78 is 6.64. The van der Waals surface area contributed by atoms with Gasteiger partial charge in [-0.25, -0.2) is 0 Å². The first-order chi connectivity index (χ1) is 22.7. The van der Waals surface area contributed by atoms with E-state index in [4.69, 9.17) is 9.73 Å². The van der Waals surface area contributed by atoms with Crippen molar-refractivity contribution in [2.75, 3.05) is 0 Å². The predicted molar refractivity (Wildman–Crippen MR) is 193 cm³/mol. The second kappa shape index (κ2) is 12.7. The number of nitrogens with zero attached hydrogens (tertiary/aromatic N) is 1. The van der Waals surface area contributed by atoms with Gasteiger partial charge in [-0.05, 0) is 64.1 Å². The van der Waals surface area contributed by atoms with Gasteiger partial charge >= 0.3 is 0 Å². The van der Waals surface area contributed by atoms with Gasteiger partial charge in [-0.2, -0.15) is 0 Å². The zero-order chi connectivity index (χ0) is 31.3. The van der Waals surface area contributed by atoms with Gasteiger partial charge in [0.2, 0.25) is 0 Å². The van der Waals surface area contributed by atoms with Crippen LogP contribution in [0, 0.1) is 0 Å². The fourth-order valence-corrected chi connectivity index (χ4v) is 6.56. The molecule has 1 heterocycles. The first-order valence-electron chi connectivity index (χ1n) is 15.7. The van der Waals surface area contributed by atoms with E-state index < -0.39 is 5.41 Å². The van der Waals surface area contributed by atoms with Gasteiger partial charge in [-0.15, -0.1) is 0 Å². The van der Waals surface area contributed by atoms with Crippen molar-refractivity contribution in [3.63, 3.8) is 0 Å². The Balaban J connectivity index is 1.47. The summed E-state index contributed by atoms with van der Waals surface area (Å²) in [6, 6.07) is 43.9. The highest BCUT2D eigenvalue weighted by molar-refractivity contribution is 6.08. The molecule has 46 heavy (non-hydrogen) atoms. The lowest BCUT2D eigenvalue weighted by Crippen LogP contribution is -2.32. The smallest absolute Gasteiger partial charge is 0.132 e. The minimum absolute atomic E-state index is 0.278. The van der Waals surface area contributed by atoms with Crippen LogP contribution in [-0.4, -0.2) is 5.71 Å². The number of hydrogen-bond acceptors (Lipinski definition) is 2. The SMILES string of the molecule is C=C/C(=N\C(C=Cc1ccccc1)c1ccc2c(c1)C1(C=CC/C=C\C(=C)c3ccccc31)c1ccccc1O2)c1ccccc1. The van der Waals surface area contributed by atoms with Gasteiger partial charge in [-0.1, -0.05) is 159 Å². The zero-order valence-electron chi connectivity index (χ0n) is 25.7. The predicted octanol–water partition coefficient (Wildman–Crippen LogP) is 11.1. The third kappa shape index (κ3) is 5.39. The number of hydrogen-bond donors (Lipinski definition) is 0. The highest BCUT2D eigenvalue weighted by Crippen LogP contribution is 2.54. The van der Waals surface area contributed by atoms with Crippen molar-refractivity contribution in [1.29, 1.82) is 0 Å². The van der Waals surface area contributed by atoms with E-state index in [1.807, 2.05) is 36.4 Å². The molecule has 7 rings (SSSR count). The minimum atomic E-state index is -0.607. The maximum Gasteiger partial charge on any atom is 0.132 e. The van der Waals surface area contributed by atoms with Crippen LogP contribution in [0.25, 0.3) is 11.6 Å². The molecular formula is C44H35NO. The van der Waals surface area contributed by atoms with Crippen molar-refractivity contribution in [2.24, 2.45) is 4.99 Å². The standard InChI is InChI=1S/C44H35NO/c1-3-40(34-20-10-5-11-21-34)45-41(28-26-33-18-8-4-9-19-33)35-27-29-43-39(31-35)44(38-24-14-15-25-42(38)46-43)30-16-6-7-17-32(2)36-22-12-13-23-37(36)44/h3-5,7-31,41H,1-2,6H2/b17-7-,28-26?,30-16?,45-40+. The average molecular weight is 594 g/mol. The fourth-order valence-electron chi connectivity index (χ4n) is 6.56. The van der Waals surface area contributed by atoms with E-state index in [2.05, 4.69) is 147 Å². The van der Waals surface area contributed by atoms with E-state index in [0.717, 1.165) is 62.6 Å². The molecule has 0 N–H and O–H groups in total. The normalized spacial score (nSPS) is 18.3. The van der Waals surface area contributed by atoms with E-state index in [9.17, 15) is 0 Å². The lowest BCUT2D eigenvalue weighted by molar-refractivity contribution is 0.436. The summed E-state index contributed by atoms with van der Waals surface area (Å²) in [5.41, 5.74) is 8.91. The zero-order valence-corrected chi connectivity index (χ0v) is 25.7. The highest BCUT2D eigenvalue weighted by Gasteiger charge is 2.43. The second-order valence-corrected chi connectivity index (χ2v) is 11.6. The summed E-state index contributed by atoms with van der Waals surface area (Å²) in [5.74, 6) is 1.69. The minimum Gasteiger partial charge on any atom is -0.457 e. The Morgan fingerprint density at radius 2 is 1.43 bits per heavy atom. The van der Waals surface area contributed by atoms with Crippen molar-refractivity contribution in [3.05, 3.63) is 216 Å². The molecule has 2 atom stereocenters. The third-order valence-electron chi connectivity index (χ3n) is 8.77. The van der Waals surface area contributed by atoms with Crippen molar-refractivity contribution >= 4 is 17.4 Å². The molecule has 0 saturated heterocycles. The topological polar surface area (TPSA) is 21.6 Å². The number of ether oxygens (including phenoxy) is 1. The summed E-state index contributed by atoms with van der Waals surface area (Å²) in [6.07, 6.45) is 15.9. The molecule has 0 radical (unpaired) electrons. The van der Waals surface area contributed by atoms with Gasteiger partial charge in [0.15, 0.2) is 0 Å². The quantitative estimate of drug-likeness (QED) is 0.142. The molecule has 0 bridgehead atoms. The number of fused-ring (bicyclic) bond motifs is 6. The monoisotopic (exact) mass is 593 g/mol. The van der Waals surface area contributed by atoms with Gasteiger partial charge in [0.25, 0.3) is 0 Å². The third-order valence-corrected chi connectivity index (χ3v) is 8.77. The molecule has 2 heteroatoms. The van der Waals surface area contributed by atoms with Crippen LogP contribution in [0.2, 0.25) is 0 Å². The first kappa shape index (κ1) is 29.0. The summed E-state index contributed by atoms with van der Waals surface area (Å²) in [7, 11) is 0. The maximum absolute atomic E-state index is 6.64. The Bertz CT molecular complexity index is 2030. The van der Waals surface area contributed by atoms with Crippen molar-refractivity contribution in [1.82, 2.24) is 0 Å². The molecule has 2 nitrogen and oxygen atoms in total. The Morgan fingerprint density at radius 1 is 0.739 bits per heavy atom. The number of para-hydroxylation sites is 1. The van der Waals surface area contributed by atoms with E-state index in [-0.39, 0.29) is 6.04 Å². The molecule has 2 aliphatic rings. The van der Waals surface area contributed by atoms with Gasteiger partial charge in [0.05, 0.1) is 17.2 Å². The van der Waals surface area contributed by atoms with E-state index >= 15 is 0 Å². The Morgan fingerprint density at radius 3 is 2.24 bits per heavy atom. The maximum atomic E-state index is 6.64. The number of rotatable bonds is 6. The molecule has 0 fully saturated rings. The van der Waals surface area contributed by atoms with E-state index in [1.165, 1.54) is 5.56 Å². The summed E-state index contributed by atoms with van der Waals surface area (Å²) in [4.78, 5) is 5.31. The molecule has 5 aromatic carbocycles. The largest absolute Gasteiger partial charge is 0.457 e. The lowest BCUT2D eigenvalue weighted by Gasteiger charge is -2.40. The number of aliphatic imine (C=N–C) groups is 1. The highest BCUT2D eigenvalue weighted by atomic mass is 16.5. The molecule has 1 aliphatic carbocycles. The van der Waals surface area contributed by atoms with Gasteiger partial charge in [-0.3, -0.25) is 4.99 Å². The Hall–Kier alpha value is -5.73. The van der Waals surface area contributed by atoms with Crippen LogP contribution < -0.4 is 4.74 Å². The Labute approximate surface area is 271 Å². The number of benzene rings is 5. The van der Waals surface area contributed by atoms with Gasteiger partial charge in [0, 0.05) is 11.1 Å².